The van der Waals surface area contributed by atoms with Gasteiger partial charge in [-0.05, 0) is 44.1 Å². The molecule has 0 atom stereocenters. The van der Waals surface area contributed by atoms with Crippen LogP contribution < -0.4 is 5.32 Å². The molecule has 1 fully saturated rings. The molecule has 1 N–H and O–H groups in total. The Morgan fingerprint density at radius 3 is 2.86 bits per heavy atom. The van der Waals surface area contributed by atoms with E-state index in [-0.39, 0.29) is 0 Å². The minimum atomic E-state index is 0.413. The Balaban J connectivity index is 1.33. The number of aromatic nitrogens is 6. The van der Waals surface area contributed by atoms with Gasteiger partial charge in [0.25, 0.3) is 0 Å². The average molecular weight is 409 g/mol. The highest BCUT2D eigenvalue weighted by atomic mass is 35.5. The summed E-state index contributed by atoms with van der Waals surface area (Å²) in [6.07, 6.45) is 10.0. The molecule has 0 spiro atoms. The first-order chi connectivity index (χ1) is 14.3. The fraction of sp³-hybridized carbons (Fsp3) is 0.300. The number of anilines is 2. The number of likely N-dealkylation sites (tertiary alicyclic amines) is 1. The van der Waals surface area contributed by atoms with Gasteiger partial charge in [-0.15, -0.1) is 0 Å². The molecular formula is C20H21ClN8. The maximum absolute atomic E-state index is 6.38. The van der Waals surface area contributed by atoms with Gasteiger partial charge >= 0.3 is 0 Å². The highest BCUT2D eigenvalue weighted by Crippen LogP contribution is 2.28. The van der Waals surface area contributed by atoms with Crippen LogP contribution in [-0.4, -0.2) is 53.7 Å². The molecule has 4 aromatic rings. The number of fused-ring (bicyclic) bond motifs is 1. The van der Waals surface area contributed by atoms with Crippen LogP contribution in [0.4, 0.5) is 11.6 Å². The van der Waals surface area contributed by atoms with Crippen LogP contribution in [0.2, 0.25) is 5.15 Å². The van der Waals surface area contributed by atoms with Gasteiger partial charge in [-0.2, -0.15) is 5.10 Å². The van der Waals surface area contributed by atoms with Gasteiger partial charge in [0.1, 0.15) is 11.3 Å². The van der Waals surface area contributed by atoms with Crippen molar-refractivity contribution in [2.75, 3.05) is 25.0 Å². The van der Waals surface area contributed by atoms with Crippen molar-refractivity contribution in [2.45, 2.75) is 19.4 Å². The summed E-state index contributed by atoms with van der Waals surface area (Å²) in [5.74, 6) is 0.489. The number of hydrogen-bond acceptors (Lipinski definition) is 6. The molecule has 8 nitrogen and oxygen atoms in total. The molecular weight excluding hydrogens is 388 g/mol. The largest absolute Gasteiger partial charge is 0.321 e. The predicted molar refractivity (Wildman–Crippen MR) is 112 cm³/mol. The van der Waals surface area contributed by atoms with Gasteiger partial charge < -0.3 is 10.2 Å². The molecule has 0 bridgehead atoms. The molecule has 5 heterocycles. The van der Waals surface area contributed by atoms with Crippen molar-refractivity contribution in [3.8, 4) is 11.4 Å². The van der Waals surface area contributed by atoms with Crippen molar-refractivity contribution in [1.29, 1.82) is 0 Å². The molecule has 0 aliphatic carbocycles. The minimum Gasteiger partial charge on any atom is -0.321 e. The van der Waals surface area contributed by atoms with Crippen LogP contribution in [0.3, 0.4) is 0 Å². The lowest BCUT2D eigenvalue weighted by molar-refractivity contribution is 0.316. The van der Waals surface area contributed by atoms with Crippen molar-refractivity contribution in [3.05, 3.63) is 54.2 Å². The number of pyridine rings is 1. The van der Waals surface area contributed by atoms with Crippen LogP contribution in [-0.2, 0) is 6.54 Å². The predicted octanol–water partition coefficient (Wildman–Crippen LogP) is 3.48. The Bertz CT molecular complexity index is 1130. The van der Waals surface area contributed by atoms with Crippen LogP contribution in [0.1, 0.15) is 12.8 Å². The first kappa shape index (κ1) is 18.1. The fourth-order valence-electron chi connectivity index (χ4n) is 3.68. The maximum Gasteiger partial charge on any atom is 0.227 e. The zero-order valence-electron chi connectivity index (χ0n) is 15.9. The SMILES string of the molecule is Clc1nc2ccccn2c1-c1ccnc(Nc2cnn(CCN3CCCC3)c2)n1. The second-order valence-electron chi connectivity index (χ2n) is 7.11. The molecule has 4 aromatic heterocycles. The molecule has 9 heteroatoms. The first-order valence-corrected chi connectivity index (χ1v) is 10.1. The molecule has 29 heavy (non-hydrogen) atoms. The number of nitrogens with one attached hydrogen (secondary N) is 1. The third-order valence-corrected chi connectivity index (χ3v) is 5.38. The lowest BCUT2D eigenvalue weighted by atomic mass is 10.3. The summed E-state index contributed by atoms with van der Waals surface area (Å²) in [7, 11) is 0. The van der Waals surface area contributed by atoms with Gasteiger partial charge in [0.2, 0.25) is 5.95 Å². The lowest BCUT2D eigenvalue weighted by Crippen LogP contribution is -2.24. The Morgan fingerprint density at radius 1 is 1.07 bits per heavy atom. The minimum absolute atomic E-state index is 0.413. The van der Waals surface area contributed by atoms with E-state index in [2.05, 4.69) is 30.3 Å². The number of imidazole rings is 1. The fourth-order valence-corrected chi connectivity index (χ4v) is 3.95. The summed E-state index contributed by atoms with van der Waals surface area (Å²) in [5.41, 5.74) is 3.08. The van der Waals surface area contributed by atoms with E-state index in [1.807, 2.05) is 45.7 Å². The van der Waals surface area contributed by atoms with Crippen molar-refractivity contribution in [2.24, 2.45) is 0 Å². The summed E-state index contributed by atoms with van der Waals surface area (Å²) in [6, 6.07) is 7.60. The summed E-state index contributed by atoms with van der Waals surface area (Å²) >= 11 is 6.38. The van der Waals surface area contributed by atoms with E-state index in [9.17, 15) is 0 Å². The van der Waals surface area contributed by atoms with E-state index < -0.39 is 0 Å². The molecule has 0 unspecified atom stereocenters. The summed E-state index contributed by atoms with van der Waals surface area (Å²) in [5, 5.41) is 8.08. The zero-order chi connectivity index (χ0) is 19.6. The quantitative estimate of drug-likeness (QED) is 0.526. The second-order valence-corrected chi connectivity index (χ2v) is 7.47. The first-order valence-electron chi connectivity index (χ1n) is 9.74. The van der Waals surface area contributed by atoms with E-state index in [4.69, 9.17) is 11.6 Å². The Hall–Kier alpha value is -2.97. The van der Waals surface area contributed by atoms with E-state index in [0.29, 0.717) is 16.8 Å². The van der Waals surface area contributed by atoms with Gasteiger partial charge in [-0.25, -0.2) is 15.0 Å². The highest BCUT2D eigenvalue weighted by molar-refractivity contribution is 6.32. The van der Waals surface area contributed by atoms with E-state index in [1.54, 1.807) is 12.4 Å². The third kappa shape index (κ3) is 3.81. The molecule has 148 valence electrons. The molecule has 0 saturated carbocycles. The van der Waals surface area contributed by atoms with Crippen molar-refractivity contribution in [1.82, 2.24) is 34.0 Å². The van der Waals surface area contributed by atoms with Crippen LogP contribution in [0.5, 0.6) is 0 Å². The van der Waals surface area contributed by atoms with Crippen molar-refractivity contribution < 1.29 is 0 Å². The monoisotopic (exact) mass is 408 g/mol. The standard InChI is InChI=1S/C20H21ClN8/c21-19-18(29-10-2-1-5-17(29)26-19)16-6-7-22-20(25-16)24-15-13-23-28(14-15)12-11-27-8-3-4-9-27/h1-2,5-7,10,13-14H,3-4,8-9,11-12H2,(H,22,24,25). The average Bonchev–Trinajstić information content (AvgIpc) is 3.46. The Labute approximate surface area is 173 Å². The number of hydrogen-bond donors (Lipinski definition) is 1. The summed E-state index contributed by atoms with van der Waals surface area (Å²) in [6.45, 7) is 4.29. The van der Waals surface area contributed by atoms with Crippen molar-refractivity contribution in [3.63, 3.8) is 0 Å². The summed E-state index contributed by atoms with van der Waals surface area (Å²) in [4.78, 5) is 15.8. The maximum atomic E-state index is 6.38. The molecule has 0 radical (unpaired) electrons. The van der Waals surface area contributed by atoms with Gasteiger partial charge in [0.05, 0.1) is 24.1 Å². The Morgan fingerprint density at radius 2 is 1.97 bits per heavy atom. The van der Waals surface area contributed by atoms with Crippen molar-refractivity contribution >= 4 is 28.9 Å². The van der Waals surface area contributed by atoms with Gasteiger partial charge in [0.15, 0.2) is 5.15 Å². The molecule has 0 amide bonds. The molecule has 1 aliphatic rings. The summed E-state index contributed by atoms with van der Waals surface area (Å²) < 4.78 is 3.87. The molecule has 1 aliphatic heterocycles. The normalized spacial score (nSPS) is 14.7. The van der Waals surface area contributed by atoms with Crippen LogP contribution in [0, 0.1) is 0 Å². The van der Waals surface area contributed by atoms with Crippen LogP contribution in [0.25, 0.3) is 17.0 Å². The number of nitrogens with zero attached hydrogens (tertiary/aromatic N) is 7. The highest BCUT2D eigenvalue weighted by Gasteiger charge is 2.15. The smallest absolute Gasteiger partial charge is 0.227 e. The van der Waals surface area contributed by atoms with Gasteiger partial charge in [-0.1, -0.05) is 17.7 Å². The number of rotatable bonds is 6. The van der Waals surface area contributed by atoms with E-state index >= 15 is 0 Å². The van der Waals surface area contributed by atoms with E-state index in [0.717, 1.165) is 30.1 Å². The lowest BCUT2D eigenvalue weighted by Gasteiger charge is -2.13. The van der Waals surface area contributed by atoms with Crippen LogP contribution in [0.15, 0.2) is 49.1 Å². The Kier molecular flexibility index (Phi) is 4.87. The molecule has 1 saturated heterocycles. The second kappa shape index (κ2) is 7.81. The van der Waals surface area contributed by atoms with E-state index in [1.165, 1.54) is 25.9 Å². The third-order valence-electron chi connectivity index (χ3n) is 5.12. The number of halogens is 1. The topological polar surface area (TPSA) is 76.2 Å². The molecule has 0 aromatic carbocycles. The van der Waals surface area contributed by atoms with Gasteiger partial charge in [0, 0.05) is 25.1 Å². The van der Waals surface area contributed by atoms with Crippen LogP contribution >= 0.6 is 11.6 Å². The molecule has 5 rings (SSSR count). The van der Waals surface area contributed by atoms with Gasteiger partial charge in [-0.3, -0.25) is 9.08 Å². The zero-order valence-corrected chi connectivity index (χ0v) is 16.6.